The number of nitrogens with one attached hydrogen (secondary N) is 1. The van der Waals surface area contributed by atoms with Crippen LogP contribution >= 0.6 is 11.6 Å². The summed E-state index contributed by atoms with van der Waals surface area (Å²) in [4.78, 5) is 18.8. The minimum absolute atomic E-state index is 0.0283. The molecule has 2 rings (SSSR count). The van der Waals surface area contributed by atoms with Crippen molar-refractivity contribution in [3.63, 3.8) is 0 Å². The van der Waals surface area contributed by atoms with E-state index in [0.717, 1.165) is 5.56 Å². The van der Waals surface area contributed by atoms with Crippen molar-refractivity contribution < 1.29 is 4.92 Å². The second-order valence-corrected chi connectivity index (χ2v) is 5.18. The van der Waals surface area contributed by atoms with Crippen molar-refractivity contribution in [3.05, 3.63) is 57.0 Å². The molecule has 1 N–H and O–H groups in total. The van der Waals surface area contributed by atoms with Crippen LogP contribution in [0.25, 0.3) is 0 Å². The number of halogens is 1. The van der Waals surface area contributed by atoms with Gasteiger partial charge in [0.15, 0.2) is 0 Å². The van der Waals surface area contributed by atoms with Crippen LogP contribution < -0.4 is 5.32 Å². The summed E-state index contributed by atoms with van der Waals surface area (Å²) in [6, 6.07) is 9.55. The number of aromatic nitrogens is 2. The van der Waals surface area contributed by atoms with E-state index in [1.54, 1.807) is 0 Å². The third kappa shape index (κ3) is 3.66. The van der Waals surface area contributed by atoms with E-state index >= 15 is 0 Å². The monoisotopic (exact) mass is 306 g/mol. The van der Waals surface area contributed by atoms with E-state index in [-0.39, 0.29) is 22.6 Å². The fourth-order valence-corrected chi connectivity index (χ4v) is 2.01. The largest absolute Gasteiger partial charge is 0.360 e. The minimum atomic E-state index is -0.570. The molecule has 0 aliphatic heterocycles. The first-order valence-electron chi connectivity index (χ1n) is 6.48. The standard InChI is InChI=1S/C14H15ClN4O2/c1-9(2)13-17-12(15)11(19(20)21)14(18-13)16-8-10-6-4-3-5-7-10/h3-7,9H,8H2,1-2H3,(H,16,17,18). The van der Waals surface area contributed by atoms with Crippen molar-refractivity contribution in [1.29, 1.82) is 0 Å². The molecule has 0 radical (unpaired) electrons. The van der Waals surface area contributed by atoms with E-state index in [0.29, 0.717) is 12.4 Å². The fourth-order valence-electron chi connectivity index (χ4n) is 1.77. The van der Waals surface area contributed by atoms with Gasteiger partial charge in [-0.3, -0.25) is 10.1 Å². The molecule has 0 bridgehead atoms. The maximum Gasteiger partial charge on any atom is 0.348 e. The van der Waals surface area contributed by atoms with E-state index in [1.165, 1.54) is 0 Å². The Labute approximate surface area is 127 Å². The SMILES string of the molecule is CC(C)c1nc(Cl)c([N+](=O)[O-])c(NCc2ccccc2)n1. The van der Waals surface area contributed by atoms with Crippen LogP contribution in [0.3, 0.4) is 0 Å². The Kier molecular flexibility index (Phi) is 4.70. The molecule has 0 aliphatic carbocycles. The number of hydrogen-bond acceptors (Lipinski definition) is 5. The topological polar surface area (TPSA) is 81.0 Å². The Bertz CT molecular complexity index is 647. The van der Waals surface area contributed by atoms with Crippen LogP contribution in [0, 0.1) is 10.1 Å². The lowest BCUT2D eigenvalue weighted by Gasteiger charge is -2.10. The Morgan fingerprint density at radius 3 is 2.52 bits per heavy atom. The van der Waals surface area contributed by atoms with Gasteiger partial charge in [-0.2, -0.15) is 0 Å². The smallest absolute Gasteiger partial charge is 0.348 e. The van der Waals surface area contributed by atoms with Gasteiger partial charge in [0.05, 0.1) is 4.92 Å². The summed E-state index contributed by atoms with van der Waals surface area (Å²) < 4.78 is 0. The molecular formula is C14H15ClN4O2. The van der Waals surface area contributed by atoms with Gasteiger partial charge in [-0.25, -0.2) is 9.97 Å². The van der Waals surface area contributed by atoms with Gasteiger partial charge in [0.2, 0.25) is 11.0 Å². The van der Waals surface area contributed by atoms with E-state index in [9.17, 15) is 10.1 Å². The highest BCUT2D eigenvalue weighted by Crippen LogP contribution is 2.31. The summed E-state index contributed by atoms with van der Waals surface area (Å²) in [6.07, 6.45) is 0. The molecular weight excluding hydrogens is 292 g/mol. The second kappa shape index (κ2) is 6.49. The molecule has 0 spiro atoms. The zero-order valence-electron chi connectivity index (χ0n) is 11.7. The first-order chi connectivity index (χ1) is 9.99. The molecule has 0 unspecified atom stereocenters. The van der Waals surface area contributed by atoms with Gasteiger partial charge in [0.25, 0.3) is 0 Å². The highest BCUT2D eigenvalue weighted by atomic mass is 35.5. The van der Waals surface area contributed by atoms with Crippen LogP contribution in [0.5, 0.6) is 0 Å². The van der Waals surface area contributed by atoms with Crippen molar-refractivity contribution in [2.75, 3.05) is 5.32 Å². The number of rotatable bonds is 5. The van der Waals surface area contributed by atoms with Crippen LogP contribution in [0.4, 0.5) is 11.5 Å². The third-order valence-corrected chi connectivity index (χ3v) is 3.12. The molecule has 6 nitrogen and oxygen atoms in total. The molecule has 0 saturated heterocycles. The quantitative estimate of drug-likeness (QED) is 0.516. The second-order valence-electron chi connectivity index (χ2n) is 4.82. The molecule has 1 aromatic carbocycles. The molecule has 7 heteroatoms. The number of nitrogens with zero attached hydrogens (tertiary/aromatic N) is 3. The highest BCUT2D eigenvalue weighted by molar-refractivity contribution is 6.31. The Hall–Kier alpha value is -2.21. The highest BCUT2D eigenvalue weighted by Gasteiger charge is 2.24. The summed E-state index contributed by atoms with van der Waals surface area (Å²) in [6.45, 7) is 4.23. The van der Waals surface area contributed by atoms with Crippen molar-refractivity contribution in [1.82, 2.24) is 9.97 Å². The van der Waals surface area contributed by atoms with Gasteiger partial charge in [-0.1, -0.05) is 55.8 Å². The van der Waals surface area contributed by atoms with Crippen LogP contribution in [0.1, 0.15) is 31.2 Å². The van der Waals surface area contributed by atoms with Gasteiger partial charge in [-0.15, -0.1) is 0 Å². The Morgan fingerprint density at radius 1 is 1.29 bits per heavy atom. The maximum atomic E-state index is 11.1. The first kappa shape index (κ1) is 15.2. The summed E-state index contributed by atoms with van der Waals surface area (Å²) in [5.74, 6) is 0.647. The van der Waals surface area contributed by atoms with Gasteiger partial charge in [0.1, 0.15) is 5.82 Å². The molecule has 0 atom stereocenters. The third-order valence-electron chi connectivity index (χ3n) is 2.86. The molecule has 0 amide bonds. The molecule has 0 fully saturated rings. The van der Waals surface area contributed by atoms with E-state index in [2.05, 4.69) is 15.3 Å². The van der Waals surface area contributed by atoms with Gasteiger partial charge in [-0.05, 0) is 5.56 Å². The first-order valence-corrected chi connectivity index (χ1v) is 6.86. The number of anilines is 1. The molecule has 0 aliphatic rings. The Balaban J connectivity index is 2.33. The van der Waals surface area contributed by atoms with Crippen LogP contribution in [-0.4, -0.2) is 14.9 Å². The number of benzene rings is 1. The van der Waals surface area contributed by atoms with Crippen LogP contribution in [-0.2, 0) is 6.54 Å². The summed E-state index contributed by atoms with van der Waals surface area (Å²) in [7, 11) is 0. The average Bonchev–Trinajstić information content (AvgIpc) is 2.45. The zero-order chi connectivity index (χ0) is 15.4. The van der Waals surface area contributed by atoms with E-state index in [1.807, 2.05) is 44.2 Å². The molecule has 21 heavy (non-hydrogen) atoms. The predicted octanol–water partition coefficient (Wildman–Crippen LogP) is 3.77. The minimum Gasteiger partial charge on any atom is -0.360 e. The van der Waals surface area contributed by atoms with Gasteiger partial charge < -0.3 is 5.32 Å². The zero-order valence-corrected chi connectivity index (χ0v) is 12.5. The Morgan fingerprint density at radius 2 is 1.95 bits per heavy atom. The number of hydrogen-bond donors (Lipinski definition) is 1. The van der Waals surface area contributed by atoms with Crippen molar-refractivity contribution in [2.24, 2.45) is 0 Å². The lowest BCUT2D eigenvalue weighted by atomic mass is 10.2. The molecule has 1 aromatic heterocycles. The average molecular weight is 307 g/mol. The molecule has 110 valence electrons. The van der Waals surface area contributed by atoms with Gasteiger partial charge in [0, 0.05) is 12.5 Å². The fraction of sp³-hybridized carbons (Fsp3) is 0.286. The van der Waals surface area contributed by atoms with E-state index < -0.39 is 4.92 Å². The normalized spacial score (nSPS) is 10.7. The molecule has 1 heterocycles. The van der Waals surface area contributed by atoms with Crippen LogP contribution in [0.15, 0.2) is 30.3 Å². The van der Waals surface area contributed by atoms with E-state index in [4.69, 9.17) is 11.6 Å². The lowest BCUT2D eigenvalue weighted by Crippen LogP contribution is -2.09. The predicted molar refractivity (Wildman–Crippen MR) is 81.6 cm³/mol. The maximum absolute atomic E-state index is 11.1. The summed E-state index contributed by atoms with van der Waals surface area (Å²) >= 11 is 5.92. The molecule has 0 saturated carbocycles. The van der Waals surface area contributed by atoms with Crippen molar-refractivity contribution in [2.45, 2.75) is 26.3 Å². The molecule has 2 aromatic rings. The lowest BCUT2D eigenvalue weighted by molar-refractivity contribution is -0.384. The van der Waals surface area contributed by atoms with Crippen molar-refractivity contribution in [3.8, 4) is 0 Å². The number of nitro groups is 1. The van der Waals surface area contributed by atoms with Gasteiger partial charge >= 0.3 is 5.69 Å². The van der Waals surface area contributed by atoms with Crippen LogP contribution in [0.2, 0.25) is 5.15 Å². The summed E-state index contributed by atoms with van der Waals surface area (Å²) in [5.41, 5.74) is 0.699. The summed E-state index contributed by atoms with van der Waals surface area (Å²) in [5, 5.41) is 14.0. The van der Waals surface area contributed by atoms with Crippen molar-refractivity contribution >= 4 is 23.1 Å².